The molecule has 1 aromatic heterocycles. The minimum absolute atomic E-state index is 0.0721. The Hall–Kier alpha value is -0.880. The van der Waals surface area contributed by atoms with Crippen LogP contribution in [0.15, 0.2) is 15.5 Å². The SMILES string of the molecule is CCC(CCO)CNc1cnn(CC2CC2)c(=O)c1Br. The fraction of sp³-hybridized carbons (Fsp3) is 0.714. The smallest absolute Gasteiger partial charge is 0.283 e. The van der Waals surface area contributed by atoms with Gasteiger partial charge in [-0.3, -0.25) is 4.79 Å². The van der Waals surface area contributed by atoms with Gasteiger partial charge in [0.05, 0.1) is 11.9 Å². The summed E-state index contributed by atoms with van der Waals surface area (Å²) in [5, 5.41) is 16.5. The topological polar surface area (TPSA) is 67.2 Å². The molecule has 6 heteroatoms. The van der Waals surface area contributed by atoms with Gasteiger partial charge in [0, 0.05) is 19.7 Å². The molecule has 1 aliphatic carbocycles. The lowest BCUT2D eigenvalue weighted by molar-refractivity contribution is 0.258. The highest BCUT2D eigenvalue weighted by Crippen LogP contribution is 2.30. The molecule has 0 saturated heterocycles. The lowest BCUT2D eigenvalue weighted by Crippen LogP contribution is -2.26. The Morgan fingerprint density at radius 2 is 2.35 bits per heavy atom. The summed E-state index contributed by atoms with van der Waals surface area (Å²) in [7, 11) is 0. The van der Waals surface area contributed by atoms with Gasteiger partial charge in [0.25, 0.3) is 5.56 Å². The van der Waals surface area contributed by atoms with Crippen LogP contribution in [0.2, 0.25) is 0 Å². The molecule has 5 nitrogen and oxygen atoms in total. The predicted molar refractivity (Wildman–Crippen MR) is 82.9 cm³/mol. The Kier molecular flexibility index (Phi) is 5.60. The first-order valence-electron chi connectivity index (χ1n) is 7.26. The fourth-order valence-corrected chi connectivity index (χ4v) is 2.60. The molecule has 1 heterocycles. The van der Waals surface area contributed by atoms with Gasteiger partial charge in [-0.2, -0.15) is 5.10 Å². The summed E-state index contributed by atoms with van der Waals surface area (Å²) in [5.74, 6) is 1.03. The minimum atomic E-state index is -0.0721. The van der Waals surface area contributed by atoms with Crippen LogP contribution >= 0.6 is 15.9 Å². The lowest BCUT2D eigenvalue weighted by Gasteiger charge is -2.16. The van der Waals surface area contributed by atoms with Crippen molar-refractivity contribution in [2.75, 3.05) is 18.5 Å². The molecule has 1 fully saturated rings. The van der Waals surface area contributed by atoms with Gasteiger partial charge in [0.1, 0.15) is 4.47 Å². The number of aliphatic hydroxyl groups excluding tert-OH is 1. The average molecular weight is 344 g/mol. The number of halogens is 1. The molecule has 0 aromatic carbocycles. The van der Waals surface area contributed by atoms with Gasteiger partial charge in [0.2, 0.25) is 0 Å². The summed E-state index contributed by atoms with van der Waals surface area (Å²) in [4.78, 5) is 12.2. The Balaban J connectivity index is 2.01. The summed E-state index contributed by atoms with van der Waals surface area (Å²) in [5.41, 5.74) is 0.663. The predicted octanol–water partition coefficient (Wildman–Crippen LogP) is 2.24. The summed E-state index contributed by atoms with van der Waals surface area (Å²) in [6.45, 7) is 3.76. The molecule has 0 radical (unpaired) electrons. The average Bonchev–Trinajstić information content (AvgIpc) is 3.25. The molecule has 0 amide bonds. The number of nitrogens with one attached hydrogen (secondary N) is 1. The molecule has 1 aromatic rings. The molecule has 20 heavy (non-hydrogen) atoms. The zero-order valence-electron chi connectivity index (χ0n) is 11.8. The standard InChI is InChI=1S/C14H22BrN3O2/c1-2-10(5-6-19)7-16-12-8-17-18(9-11-3-4-11)14(20)13(12)15/h8,10-11,16,19H,2-7,9H2,1H3. The highest BCUT2D eigenvalue weighted by atomic mass is 79.9. The van der Waals surface area contributed by atoms with Crippen molar-refractivity contribution < 1.29 is 5.11 Å². The quantitative estimate of drug-likeness (QED) is 0.759. The second-order valence-electron chi connectivity index (χ2n) is 5.47. The van der Waals surface area contributed by atoms with Crippen molar-refractivity contribution in [3.8, 4) is 0 Å². The van der Waals surface area contributed by atoms with Gasteiger partial charge >= 0.3 is 0 Å². The molecule has 0 spiro atoms. The molecule has 0 bridgehead atoms. The van der Waals surface area contributed by atoms with Gasteiger partial charge in [0.15, 0.2) is 0 Å². The molecule has 2 N–H and O–H groups in total. The summed E-state index contributed by atoms with van der Waals surface area (Å²) in [6.07, 6.45) is 5.88. The number of rotatable bonds is 8. The van der Waals surface area contributed by atoms with Crippen LogP contribution in [-0.2, 0) is 6.54 Å². The Labute approximate surface area is 127 Å². The van der Waals surface area contributed by atoms with Crippen LogP contribution < -0.4 is 10.9 Å². The zero-order valence-corrected chi connectivity index (χ0v) is 13.4. The third-order valence-corrected chi connectivity index (χ3v) is 4.58. The monoisotopic (exact) mass is 343 g/mol. The molecule has 1 aliphatic rings. The number of aliphatic hydroxyl groups is 1. The van der Waals surface area contributed by atoms with Crippen molar-refractivity contribution in [1.29, 1.82) is 0 Å². The van der Waals surface area contributed by atoms with E-state index in [2.05, 4.69) is 33.3 Å². The summed E-state index contributed by atoms with van der Waals surface area (Å²) in [6, 6.07) is 0. The second-order valence-corrected chi connectivity index (χ2v) is 6.26. The van der Waals surface area contributed by atoms with E-state index in [-0.39, 0.29) is 12.2 Å². The zero-order chi connectivity index (χ0) is 14.5. The first kappa shape index (κ1) is 15.5. The van der Waals surface area contributed by atoms with E-state index < -0.39 is 0 Å². The van der Waals surface area contributed by atoms with Crippen LogP contribution in [0, 0.1) is 11.8 Å². The normalized spacial score (nSPS) is 16.1. The first-order chi connectivity index (χ1) is 9.65. The van der Waals surface area contributed by atoms with E-state index >= 15 is 0 Å². The molecular formula is C14H22BrN3O2. The Bertz CT molecular complexity index is 500. The summed E-state index contributed by atoms with van der Waals surface area (Å²) >= 11 is 3.37. The number of nitrogens with zero attached hydrogens (tertiary/aromatic N) is 2. The molecule has 1 atom stereocenters. The number of hydrogen-bond donors (Lipinski definition) is 2. The Morgan fingerprint density at radius 3 is 2.95 bits per heavy atom. The number of hydrogen-bond acceptors (Lipinski definition) is 4. The Morgan fingerprint density at radius 1 is 1.60 bits per heavy atom. The fourth-order valence-electron chi connectivity index (χ4n) is 2.15. The van der Waals surface area contributed by atoms with Crippen molar-refractivity contribution in [1.82, 2.24) is 9.78 Å². The highest BCUT2D eigenvalue weighted by Gasteiger charge is 2.23. The van der Waals surface area contributed by atoms with E-state index in [0.29, 0.717) is 16.3 Å². The van der Waals surface area contributed by atoms with Gasteiger partial charge in [-0.25, -0.2) is 4.68 Å². The molecular weight excluding hydrogens is 322 g/mol. The highest BCUT2D eigenvalue weighted by molar-refractivity contribution is 9.10. The first-order valence-corrected chi connectivity index (χ1v) is 8.05. The van der Waals surface area contributed by atoms with E-state index in [1.807, 2.05) is 0 Å². The number of aromatic nitrogens is 2. The van der Waals surface area contributed by atoms with Crippen molar-refractivity contribution in [3.05, 3.63) is 21.0 Å². The maximum atomic E-state index is 12.2. The van der Waals surface area contributed by atoms with Crippen LogP contribution in [0.5, 0.6) is 0 Å². The lowest BCUT2D eigenvalue weighted by atomic mass is 10.0. The van der Waals surface area contributed by atoms with Gasteiger partial charge in [-0.1, -0.05) is 13.3 Å². The molecule has 2 rings (SSSR count). The van der Waals surface area contributed by atoms with Crippen molar-refractivity contribution >= 4 is 21.6 Å². The van der Waals surface area contributed by atoms with E-state index in [4.69, 9.17) is 5.11 Å². The van der Waals surface area contributed by atoms with Crippen molar-refractivity contribution in [2.24, 2.45) is 11.8 Å². The minimum Gasteiger partial charge on any atom is -0.396 e. The third kappa shape index (κ3) is 4.06. The molecule has 112 valence electrons. The second kappa shape index (κ2) is 7.22. The van der Waals surface area contributed by atoms with Crippen molar-refractivity contribution in [3.63, 3.8) is 0 Å². The largest absolute Gasteiger partial charge is 0.396 e. The van der Waals surface area contributed by atoms with Gasteiger partial charge < -0.3 is 10.4 Å². The molecule has 0 aliphatic heterocycles. The van der Waals surface area contributed by atoms with Crippen LogP contribution in [0.25, 0.3) is 0 Å². The van der Waals surface area contributed by atoms with Crippen LogP contribution in [-0.4, -0.2) is 28.0 Å². The van der Waals surface area contributed by atoms with Crippen LogP contribution in [0.4, 0.5) is 5.69 Å². The van der Waals surface area contributed by atoms with Crippen LogP contribution in [0.3, 0.4) is 0 Å². The molecule has 1 saturated carbocycles. The van der Waals surface area contributed by atoms with Gasteiger partial charge in [-0.05, 0) is 47.0 Å². The van der Waals surface area contributed by atoms with E-state index in [1.54, 1.807) is 6.20 Å². The maximum absolute atomic E-state index is 12.2. The van der Waals surface area contributed by atoms with Gasteiger partial charge in [-0.15, -0.1) is 0 Å². The van der Waals surface area contributed by atoms with E-state index in [0.717, 1.165) is 31.6 Å². The van der Waals surface area contributed by atoms with Crippen molar-refractivity contribution in [2.45, 2.75) is 39.2 Å². The third-order valence-electron chi connectivity index (χ3n) is 3.81. The maximum Gasteiger partial charge on any atom is 0.283 e. The van der Waals surface area contributed by atoms with Crippen LogP contribution in [0.1, 0.15) is 32.6 Å². The summed E-state index contributed by atoms with van der Waals surface area (Å²) < 4.78 is 2.09. The number of anilines is 1. The van der Waals surface area contributed by atoms with E-state index in [1.165, 1.54) is 17.5 Å². The molecule has 1 unspecified atom stereocenters. The van der Waals surface area contributed by atoms with E-state index in [9.17, 15) is 4.79 Å².